The second kappa shape index (κ2) is 8.62. The molecule has 0 aliphatic carbocycles. The van der Waals surface area contributed by atoms with Gasteiger partial charge in [0.1, 0.15) is 5.56 Å². The Bertz CT molecular complexity index is 1260. The van der Waals surface area contributed by atoms with E-state index in [1.807, 2.05) is 24.3 Å². The van der Waals surface area contributed by atoms with E-state index < -0.39 is 10.8 Å². The lowest BCUT2D eigenvalue weighted by molar-refractivity contribution is -0.385. The van der Waals surface area contributed by atoms with Crippen LogP contribution in [0.2, 0.25) is 0 Å². The summed E-state index contributed by atoms with van der Waals surface area (Å²) >= 11 is 0. The highest BCUT2D eigenvalue weighted by Crippen LogP contribution is 2.23. The van der Waals surface area contributed by atoms with Crippen molar-refractivity contribution in [3.63, 3.8) is 0 Å². The Kier molecular flexibility index (Phi) is 6.11. The van der Waals surface area contributed by atoms with Gasteiger partial charge in [-0.05, 0) is 43.0 Å². The molecule has 0 saturated carbocycles. The summed E-state index contributed by atoms with van der Waals surface area (Å²) in [7, 11) is 0. The summed E-state index contributed by atoms with van der Waals surface area (Å²) in [5, 5.41) is 18.2. The van der Waals surface area contributed by atoms with Crippen LogP contribution in [0.3, 0.4) is 0 Å². The minimum absolute atomic E-state index is 0.00438. The first kappa shape index (κ1) is 22.7. The Morgan fingerprint density at radius 1 is 1.12 bits per heavy atom. The molecule has 0 spiro atoms. The van der Waals surface area contributed by atoms with Gasteiger partial charge in [0.25, 0.3) is 17.2 Å². The van der Waals surface area contributed by atoms with Crippen LogP contribution in [0.4, 0.5) is 5.69 Å². The number of nitrogens with zero attached hydrogens (tertiary/aromatic N) is 3. The molecule has 2 N–H and O–H groups in total. The van der Waals surface area contributed by atoms with E-state index in [9.17, 15) is 19.7 Å². The molecule has 0 aliphatic heterocycles. The van der Waals surface area contributed by atoms with E-state index in [4.69, 9.17) is 0 Å². The SMILES string of the molecule is C/C(=N\NC(=O)c1ccccc1[N+](=O)[O-])c1c(C)[nH]n(-c2ccc(C(C)(C)C)cc2)c1=O. The zero-order chi connectivity index (χ0) is 23.6. The van der Waals surface area contributed by atoms with E-state index in [1.54, 1.807) is 13.8 Å². The molecule has 0 saturated heterocycles. The van der Waals surface area contributed by atoms with Crippen LogP contribution in [-0.2, 0) is 5.41 Å². The largest absolute Gasteiger partial charge is 0.295 e. The van der Waals surface area contributed by atoms with Crippen molar-refractivity contribution >= 4 is 17.3 Å². The van der Waals surface area contributed by atoms with Crippen LogP contribution in [-0.4, -0.2) is 26.3 Å². The van der Waals surface area contributed by atoms with Crippen LogP contribution in [0.5, 0.6) is 0 Å². The molecule has 1 heterocycles. The molecule has 32 heavy (non-hydrogen) atoms. The van der Waals surface area contributed by atoms with E-state index in [-0.39, 0.29) is 27.9 Å². The van der Waals surface area contributed by atoms with Crippen molar-refractivity contribution in [1.82, 2.24) is 15.2 Å². The lowest BCUT2D eigenvalue weighted by atomic mass is 9.87. The van der Waals surface area contributed by atoms with Crippen LogP contribution in [0.15, 0.2) is 58.4 Å². The molecule has 9 heteroatoms. The number of aryl methyl sites for hydroxylation is 1. The maximum Gasteiger partial charge on any atom is 0.282 e. The molecule has 3 aromatic rings. The number of hydrogen-bond donors (Lipinski definition) is 2. The maximum atomic E-state index is 13.0. The number of aromatic nitrogens is 2. The van der Waals surface area contributed by atoms with E-state index in [2.05, 4.69) is 36.4 Å². The van der Waals surface area contributed by atoms with Gasteiger partial charge in [-0.25, -0.2) is 10.1 Å². The number of hydrogen-bond acceptors (Lipinski definition) is 5. The van der Waals surface area contributed by atoms with Gasteiger partial charge in [-0.3, -0.25) is 24.8 Å². The van der Waals surface area contributed by atoms with Gasteiger partial charge in [0, 0.05) is 11.8 Å². The number of carbonyl (C=O) groups is 1. The third-order valence-corrected chi connectivity index (χ3v) is 5.10. The predicted octanol–water partition coefficient (Wildman–Crippen LogP) is 3.83. The van der Waals surface area contributed by atoms with Gasteiger partial charge in [-0.15, -0.1) is 0 Å². The monoisotopic (exact) mass is 435 g/mol. The van der Waals surface area contributed by atoms with Crippen molar-refractivity contribution in [3.05, 3.63) is 91.4 Å². The van der Waals surface area contributed by atoms with Gasteiger partial charge in [0.2, 0.25) is 0 Å². The summed E-state index contributed by atoms with van der Waals surface area (Å²) in [6, 6.07) is 13.3. The molecule has 2 aromatic carbocycles. The fraction of sp³-hybridized carbons (Fsp3) is 0.261. The van der Waals surface area contributed by atoms with Gasteiger partial charge >= 0.3 is 0 Å². The molecular weight excluding hydrogens is 410 g/mol. The summed E-state index contributed by atoms with van der Waals surface area (Å²) in [4.78, 5) is 35.9. The highest BCUT2D eigenvalue weighted by Gasteiger charge is 2.20. The standard InChI is InChI=1S/C23H25N5O4/c1-14(24-25-21(29)18-8-6-7-9-19(18)28(31)32)20-15(2)26-27(22(20)30)17-12-10-16(11-13-17)23(3,4)5/h6-13,26H,1-5H3,(H,25,29)/b24-14+. The van der Waals surface area contributed by atoms with Gasteiger partial charge in [0.05, 0.1) is 21.9 Å². The summed E-state index contributed by atoms with van der Waals surface area (Å²) in [6.07, 6.45) is 0. The normalized spacial score (nSPS) is 12.0. The van der Waals surface area contributed by atoms with Crippen molar-refractivity contribution in [1.29, 1.82) is 0 Å². The van der Waals surface area contributed by atoms with E-state index in [1.165, 1.54) is 28.9 Å². The first-order valence-corrected chi connectivity index (χ1v) is 10.0. The number of rotatable bonds is 5. The van der Waals surface area contributed by atoms with Crippen molar-refractivity contribution < 1.29 is 9.72 Å². The Morgan fingerprint density at radius 2 is 1.75 bits per heavy atom. The summed E-state index contributed by atoms with van der Waals surface area (Å²) in [5.74, 6) is -0.733. The van der Waals surface area contributed by atoms with Crippen LogP contribution >= 0.6 is 0 Å². The lowest BCUT2D eigenvalue weighted by Gasteiger charge is -2.19. The second-order valence-electron chi connectivity index (χ2n) is 8.46. The van der Waals surface area contributed by atoms with Crippen molar-refractivity contribution in [3.8, 4) is 5.69 Å². The minimum atomic E-state index is -0.733. The number of H-pyrrole nitrogens is 1. The van der Waals surface area contributed by atoms with Crippen LogP contribution in [0.1, 0.15) is 54.9 Å². The number of aromatic amines is 1. The fourth-order valence-corrected chi connectivity index (χ4v) is 3.34. The molecular formula is C23H25N5O4. The fourth-order valence-electron chi connectivity index (χ4n) is 3.34. The molecule has 0 aliphatic rings. The number of nitro groups is 1. The van der Waals surface area contributed by atoms with Crippen molar-refractivity contribution in [2.24, 2.45) is 5.10 Å². The van der Waals surface area contributed by atoms with Crippen molar-refractivity contribution in [2.75, 3.05) is 0 Å². The zero-order valence-electron chi connectivity index (χ0n) is 18.6. The van der Waals surface area contributed by atoms with Gasteiger partial charge in [0.15, 0.2) is 0 Å². The molecule has 9 nitrogen and oxygen atoms in total. The number of para-hydroxylation sites is 1. The Morgan fingerprint density at radius 3 is 2.34 bits per heavy atom. The summed E-state index contributed by atoms with van der Waals surface area (Å²) in [6.45, 7) is 9.67. The average molecular weight is 435 g/mol. The lowest BCUT2D eigenvalue weighted by Crippen LogP contribution is -2.24. The number of amides is 1. The van der Waals surface area contributed by atoms with E-state index in [0.29, 0.717) is 16.9 Å². The maximum absolute atomic E-state index is 13.0. The first-order chi connectivity index (χ1) is 15.0. The smallest absolute Gasteiger partial charge is 0.282 e. The van der Waals surface area contributed by atoms with Crippen LogP contribution in [0.25, 0.3) is 5.69 Å². The molecule has 1 aromatic heterocycles. The zero-order valence-corrected chi connectivity index (χ0v) is 18.6. The van der Waals surface area contributed by atoms with Crippen LogP contribution < -0.4 is 11.0 Å². The second-order valence-corrected chi connectivity index (χ2v) is 8.46. The average Bonchev–Trinajstić information content (AvgIpc) is 3.05. The summed E-state index contributed by atoms with van der Waals surface area (Å²) < 4.78 is 1.42. The molecule has 0 atom stereocenters. The Balaban J connectivity index is 1.88. The van der Waals surface area contributed by atoms with E-state index in [0.717, 1.165) is 5.56 Å². The first-order valence-electron chi connectivity index (χ1n) is 10.0. The molecule has 0 unspecified atom stereocenters. The Hall–Kier alpha value is -4.01. The number of carbonyl (C=O) groups excluding carboxylic acids is 1. The Labute approximate surface area is 184 Å². The van der Waals surface area contributed by atoms with E-state index >= 15 is 0 Å². The van der Waals surface area contributed by atoms with Gasteiger partial charge in [-0.1, -0.05) is 45.0 Å². The molecule has 166 valence electrons. The third-order valence-electron chi connectivity index (χ3n) is 5.10. The topological polar surface area (TPSA) is 122 Å². The number of nitrogens with one attached hydrogen (secondary N) is 2. The number of nitro benzene ring substituents is 1. The molecule has 1 amide bonds. The molecule has 0 fully saturated rings. The van der Waals surface area contributed by atoms with Crippen molar-refractivity contribution in [2.45, 2.75) is 40.0 Å². The van der Waals surface area contributed by atoms with Gasteiger partial charge < -0.3 is 0 Å². The highest BCUT2D eigenvalue weighted by atomic mass is 16.6. The van der Waals surface area contributed by atoms with Gasteiger partial charge in [-0.2, -0.15) is 5.10 Å². The predicted molar refractivity (Wildman–Crippen MR) is 123 cm³/mol. The summed E-state index contributed by atoms with van der Waals surface area (Å²) in [5.41, 5.74) is 4.54. The number of hydrazone groups is 1. The minimum Gasteiger partial charge on any atom is -0.295 e. The molecule has 0 radical (unpaired) electrons. The van der Waals surface area contributed by atoms with Crippen LogP contribution in [0, 0.1) is 17.0 Å². The highest BCUT2D eigenvalue weighted by molar-refractivity contribution is 6.02. The quantitative estimate of drug-likeness (QED) is 0.359. The third kappa shape index (κ3) is 4.51. The molecule has 3 rings (SSSR count). The number of benzene rings is 2. The molecule has 0 bridgehead atoms.